The van der Waals surface area contributed by atoms with Crippen LogP contribution in [0.1, 0.15) is 12.5 Å². The van der Waals surface area contributed by atoms with E-state index in [2.05, 4.69) is 18.3 Å². The first kappa shape index (κ1) is 15.0. The Kier molecular flexibility index (Phi) is 4.93. The Morgan fingerprint density at radius 2 is 1.76 bits per heavy atom. The van der Waals surface area contributed by atoms with Gasteiger partial charge in [0, 0.05) is 17.8 Å². The molecule has 0 aliphatic rings. The van der Waals surface area contributed by atoms with Crippen LogP contribution in [0.3, 0.4) is 0 Å². The summed E-state index contributed by atoms with van der Waals surface area (Å²) in [6.07, 6.45) is 0.830. The zero-order valence-corrected chi connectivity index (χ0v) is 12.6. The molecule has 1 atom stereocenters. The molecule has 21 heavy (non-hydrogen) atoms. The highest BCUT2D eigenvalue weighted by atomic mass is 16.5. The molecule has 0 heterocycles. The van der Waals surface area contributed by atoms with Crippen LogP contribution in [0.4, 0.5) is 5.69 Å². The molecule has 2 rings (SSSR count). The van der Waals surface area contributed by atoms with Crippen molar-refractivity contribution >= 4 is 5.69 Å². The lowest BCUT2D eigenvalue weighted by Gasteiger charge is -2.17. The Bertz CT molecular complexity index is 598. The number of aromatic hydroxyl groups is 1. The number of nitrogens with one attached hydrogen (secondary N) is 1. The molecule has 4 nitrogen and oxygen atoms in total. The van der Waals surface area contributed by atoms with Crippen molar-refractivity contribution in [1.82, 2.24) is 0 Å². The third kappa shape index (κ3) is 3.81. The minimum Gasteiger partial charge on any atom is -0.504 e. The zero-order valence-electron chi connectivity index (χ0n) is 12.6. The molecule has 2 aromatic carbocycles. The van der Waals surface area contributed by atoms with Crippen molar-refractivity contribution in [2.75, 3.05) is 19.5 Å². The highest BCUT2D eigenvalue weighted by Crippen LogP contribution is 2.29. The van der Waals surface area contributed by atoms with Crippen LogP contribution in [0.5, 0.6) is 17.2 Å². The van der Waals surface area contributed by atoms with E-state index in [0.717, 1.165) is 23.4 Å². The van der Waals surface area contributed by atoms with E-state index in [1.54, 1.807) is 19.2 Å². The van der Waals surface area contributed by atoms with Gasteiger partial charge in [0.05, 0.1) is 14.2 Å². The van der Waals surface area contributed by atoms with Gasteiger partial charge in [-0.2, -0.15) is 0 Å². The van der Waals surface area contributed by atoms with Gasteiger partial charge in [-0.15, -0.1) is 0 Å². The maximum absolute atomic E-state index is 9.79. The van der Waals surface area contributed by atoms with E-state index in [4.69, 9.17) is 9.47 Å². The first-order valence-electron chi connectivity index (χ1n) is 6.89. The molecule has 1 unspecified atom stereocenters. The van der Waals surface area contributed by atoms with Gasteiger partial charge in [-0.3, -0.25) is 0 Å². The molecule has 0 aliphatic carbocycles. The van der Waals surface area contributed by atoms with Crippen molar-refractivity contribution < 1.29 is 14.6 Å². The fourth-order valence-electron chi connectivity index (χ4n) is 2.32. The van der Waals surface area contributed by atoms with Crippen LogP contribution in [-0.2, 0) is 6.42 Å². The van der Waals surface area contributed by atoms with Crippen molar-refractivity contribution in [3.05, 3.63) is 48.0 Å². The molecule has 0 aliphatic heterocycles. The van der Waals surface area contributed by atoms with Gasteiger partial charge in [0.15, 0.2) is 11.5 Å². The van der Waals surface area contributed by atoms with Crippen molar-refractivity contribution in [2.24, 2.45) is 0 Å². The molecular formula is C17H21NO3. The maximum Gasteiger partial charge on any atom is 0.160 e. The number of para-hydroxylation sites is 1. The molecular weight excluding hydrogens is 266 g/mol. The summed E-state index contributed by atoms with van der Waals surface area (Å²) in [6.45, 7) is 2.09. The van der Waals surface area contributed by atoms with E-state index in [-0.39, 0.29) is 11.8 Å². The number of hydrogen-bond acceptors (Lipinski definition) is 4. The number of ether oxygens (including phenoxy) is 2. The largest absolute Gasteiger partial charge is 0.504 e. The maximum atomic E-state index is 9.79. The third-order valence-electron chi connectivity index (χ3n) is 3.31. The van der Waals surface area contributed by atoms with Crippen LogP contribution in [-0.4, -0.2) is 25.4 Å². The van der Waals surface area contributed by atoms with Crippen LogP contribution in [0.2, 0.25) is 0 Å². The molecule has 0 saturated heterocycles. The Balaban J connectivity index is 2.04. The molecule has 112 valence electrons. The number of benzene rings is 2. The minimum atomic E-state index is 0.131. The lowest BCUT2D eigenvalue weighted by Crippen LogP contribution is -2.18. The van der Waals surface area contributed by atoms with E-state index >= 15 is 0 Å². The zero-order chi connectivity index (χ0) is 15.2. The molecule has 0 saturated carbocycles. The van der Waals surface area contributed by atoms with Crippen LogP contribution >= 0.6 is 0 Å². The third-order valence-corrected chi connectivity index (χ3v) is 3.31. The highest BCUT2D eigenvalue weighted by molar-refractivity contribution is 5.54. The van der Waals surface area contributed by atoms with Gasteiger partial charge in [-0.25, -0.2) is 0 Å². The fraction of sp³-hybridized carbons (Fsp3) is 0.294. The van der Waals surface area contributed by atoms with Gasteiger partial charge in [-0.05, 0) is 37.1 Å². The Morgan fingerprint density at radius 3 is 2.43 bits per heavy atom. The molecule has 4 heteroatoms. The van der Waals surface area contributed by atoms with E-state index in [0.29, 0.717) is 5.75 Å². The molecule has 0 radical (unpaired) electrons. The standard InChI is InChI=1S/C17H21NO3/c1-12(10-13-6-4-5-7-16(13)20-2)18-14-8-9-17(21-3)15(19)11-14/h4-9,11-12,18-19H,10H2,1-3H3. The number of phenols is 1. The SMILES string of the molecule is COc1ccc(NC(C)Cc2ccccc2OC)cc1O. The lowest BCUT2D eigenvalue weighted by atomic mass is 10.1. The first-order chi connectivity index (χ1) is 10.1. The smallest absolute Gasteiger partial charge is 0.160 e. The summed E-state index contributed by atoms with van der Waals surface area (Å²) < 4.78 is 10.4. The minimum absolute atomic E-state index is 0.131. The number of methoxy groups -OCH3 is 2. The summed E-state index contributed by atoms with van der Waals surface area (Å²) in [7, 11) is 3.21. The van der Waals surface area contributed by atoms with Crippen LogP contribution in [0.25, 0.3) is 0 Å². The van der Waals surface area contributed by atoms with Crippen LogP contribution in [0.15, 0.2) is 42.5 Å². The van der Waals surface area contributed by atoms with Gasteiger partial charge in [0.1, 0.15) is 5.75 Å². The van der Waals surface area contributed by atoms with E-state index in [9.17, 15) is 5.11 Å². The van der Waals surface area contributed by atoms with Gasteiger partial charge in [-0.1, -0.05) is 18.2 Å². The predicted molar refractivity (Wildman–Crippen MR) is 84.4 cm³/mol. The van der Waals surface area contributed by atoms with Gasteiger partial charge in [0.25, 0.3) is 0 Å². The average Bonchev–Trinajstić information content (AvgIpc) is 2.48. The predicted octanol–water partition coefficient (Wildman–Crippen LogP) is 3.45. The monoisotopic (exact) mass is 287 g/mol. The van der Waals surface area contributed by atoms with Crippen molar-refractivity contribution in [3.8, 4) is 17.2 Å². The highest BCUT2D eigenvalue weighted by Gasteiger charge is 2.09. The summed E-state index contributed by atoms with van der Waals surface area (Å²) in [6, 6.07) is 13.5. The summed E-state index contributed by atoms with van der Waals surface area (Å²) in [5.41, 5.74) is 2.01. The number of hydrogen-bond donors (Lipinski definition) is 2. The van der Waals surface area contributed by atoms with Crippen molar-refractivity contribution in [1.29, 1.82) is 0 Å². The Hall–Kier alpha value is -2.36. The normalized spacial score (nSPS) is 11.8. The molecule has 0 fully saturated rings. The topological polar surface area (TPSA) is 50.7 Å². The van der Waals surface area contributed by atoms with Gasteiger partial charge >= 0.3 is 0 Å². The summed E-state index contributed by atoms with van der Waals surface area (Å²) in [4.78, 5) is 0. The average molecular weight is 287 g/mol. The van der Waals surface area contributed by atoms with Gasteiger partial charge in [0.2, 0.25) is 0 Å². The van der Waals surface area contributed by atoms with Gasteiger partial charge < -0.3 is 19.9 Å². The second kappa shape index (κ2) is 6.88. The first-order valence-corrected chi connectivity index (χ1v) is 6.89. The number of anilines is 1. The molecule has 2 N–H and O–H groups in total. The van der Waals surface area contributed by atoms with E-state index in [1.165, 1.54) is 7.11 Å². The van der Waals surface area contributed by atoms with Crippen molar-refractivity contribution in [3.63, 3.8) is 0 Å². The Morgan fingerprint density at radius 1 is 1.05 bits per heavy atom. The van der Waals surface area contributed by atoms with Crippen LogP contribution in [0, 0.1) is 0 Å². The summed E-state index contributed by atoms with van der Waals surface area (Å²) in [5, 5.41) is 13.2. The lowest BCUT2D eigenvalue weighted by molar-refractivity contribution is 0.373. The molecule has 0 amide bonds. The second-order valence-corrected chi connectivity index (χ2v) is 4.95. The summed E-state index contributed by atoms with van der Waals surface area (Å²) >= 11 is 0. The van der Waals surface area contributed by atoms with E-state index < -0.39 is 0 Å². The molecule has 0 aromatic heterocycles. The van der Waals surface area contributed by atoms with Crippen LogP contribution < -0.4 is 14.8 Å². The van der Waals surface area contributed by atoms with E-state index in [1.807, 2.05) is 24.3 Å². The molecule has 2 aromatic rings. The summed E-state index contributed by atoms with van der Waals surface area (Å²) in [5.74, 6) is 1.49. The number of phenolic OH excluding ortho intramolecular Hbond substituents is 1. The second-order valence-electron chi connectivity index (χ2n) is 4.95. The quantitative estimate of drug-likeness (QED) is 0.854. The fourth-order valence-corrected chi connectivity index (χ4v) is 2.32. The molecule has 0 bridgehead atoms. The Labute approximate surface area is 125 Å². The van der Waals surface area contributed by atoms with Crippen molar-refractivity contribution in [2.45, 2.75) is 19.4 Å². The molecule has 0 spiro atoms. The number of rotatable bonds is 6.